The molecule has 3 amide bonds. The van der Waals surface area contributed by atoms with Gasteiger partial charge in [0.2, 0.25) is 5.91 Å². The molecule has 0 aliphatic carbocycles. The van der Waals surface area contributed by atoms with Crippen molar-refractivity contribution < 1.29 is 14.0 Å². The van der Waals surface area contributed by atoms with Gasteiger partial charge in [0.15, 0.2) is 0 Å². The lowest BCUT2D eigenvalue weighted by Gasteiger charge is -2.52. The second-order valence-electron chi connectivity index (χ2n) is 9.11. The van der Waals surface area contributed by atoms with Crippen LogP contribution in [0.2, 0.25) is 5.02 Å². The molecule has 2 atom stereocenters. The van der Waals surface area contributed by atoms with Gasteiger partial charge in [-0.05, 0) is 61.0 Å². The van der Waals surface area contributed by atoms with Crippen LogP contribution in [0.25, 0.3) is 6.08 Å². The fourth-order valence-corrected chi connectivity index (χ4v) is 5.06. The largest absolute Gasteiger partial charge is 0.351 e. The van der Waals surface area contributed by atoms with Crippen LogP contribution in [0, 0.1) is 12.7 Å². The quantitative estimate of drug-likeness (QED) is 0.636. The molecule has 2 heterocycles. The van der Waals surface area contributed by atoms with Crippen molar-refractivity contribution in [1.82, 2.24) is 14.7 Å². The van der Waals surface area contributed by atoms with Gasteiger partial charge in [0.05, 0.1) is 17.8 Å². The number of urea groups is 1. The van der Waals surface area contributed by atoms with Crippen LogP contribution in [0.4, 0.5) is 14.9 Å². The molecule has 7 nitrogen and oxygen atoms in total. The van der Waals surface area contributed by atoms with Crippen LogP contribution in [0.5, 0.6) is 0 Å². The first-order chi connectivity index (χ1) is 16.2. The standard InChI is InChI=1S/C25H29ClFN5O2/c1-16-9-18(23(10-22(16)26)29-25(28)34)5-8-24(33)32-20-12-30(2)13-21(32)15-31(14-20)11-17-3-6-19(27)7-4-17/h3-10,20-21H,11-15H2,1-2H3,(H3,28,29,34). The zero-order valence-corrected chi connectivity index (χ0v) is 20.1. The summed E-state index contributed by atoms with van der Waals surface area (Å²) in [4.78, 5) is 31.3. The van der Waals surface area contributed by atoms with E-state index >= 15 is 0 Å². The van der Waals surface area contributed by atoms with Crippen LogP contribution < -0.4 is 11.1 Å². The second-order valence-corrected chi connectivity index (χ2v) is 9.51. The molecule has 2 unspecified atom stereocenters. The normalized spacial score (nSPS) is 21.1. The maximum Gasteiger partial charge on any atom is 0.316 e. The number of carbonyl (C=O) groups is 2. The molecular formula is C25H29ClFN5O2. The number of aryl methyl sites for hydroxylation is 1. The van der Waals surface area contributed by atoms with Crippen LogP contribution in [-0.2, 0) is 11.3 Å². The van der Waals surface area contributed by atoms with Gasteiger partial charge in [-0.2, -0.15) is 0 Å². The Labute approximate surface area is 203 Å². The molecule has 2 aromatic carbocycles. The van der Waals surface area contributed by atoms with Crippen molar-refractivity contribution >= 4 is 35.3 Å². The Bertz CT molecular complexity index is 1090. The summed E-state index contributed by atoms with van der Waals surface area (Å²) in [6, 6.07) is 9.41. The molecule has 180 valence electrons. The smallest absolute Gasteiger partial charge is 0.316 e. The molecule has 4 rings (SSSR count). The monoisotopic (exact) mass is 485 g/mol. The lowest BCUT2D eigenvalue weighted by Crippen LogP contribution is -2.68. The number of rotatable bonds is 5. The topological polar surface area (TPSA) is 81.9 Å². The zero-order chi connectivity index (χ0) is 24.4. The molecule has 0 saturated carbocycles. The highest BCUT2D eigenvalue weighted by molar-refractivity contribution is 6.31. The van der Waals surface area contributed by atoms with Crippen molar-refractivity contribution in [3.63, 3.8) is 0 Å². The fraction of sp³-hybridized carbons (Fsp3) is 0.360. The number of nitrogens with two attached hydrogens (primary N) is 1. The Balaban J connectivity index is 1.50. The number of benzene rings is 2. The SMILES string of the molecule is Cc1cc(C=CC(=O)N2C3CN(C)CC2CN(Cc2ccc(F)cc2)C3)c(NC(N)=O)cc1Cl. The average molecular weight is 486 g/mol. The van der Waals surface area contributed by atoms with E-state index in [4.69, 9.17) is 17.3 Å². The van der Waals surface area contributed by atoms with Gasteiger partial charge in [-0.1, -0.05) is 23.7 Å². The summed E-state index contributed by atoms with van der Waals surface area (Å²) < 4.78 is 13.3. The number of primary amides is 1. The number of likely N-dealkylation sites (N-methyl/N-ethyl adjacent to an activating group) is 1. The molecule has 2 aliphatic rings. The summed E-state index contributed by atoms with van der Waals surface area (Å²) in [5, 5.41) is 3.07. The third-order valence-corrected chi connectivity index (χ3v) is 6.74. The molecule has 2 aromatic rings. The van der Waals surface area contributed by atoms with E-state index in [9.17, 15) is 14.0 Å². The van der Waals surface area contributed by atoms with Gasteiger partial charge >= 0.3 is 6.03 Å². The molecule has 0 spiro atoms. The third-order valence-electron chi connectivity index (χ3n) is 6.34. The molecule has 2 fully saturated rings. The minimum absolute atomic E-state index is 0.0465. The molecule has 3 N–H and O–H groups in total. The summed E-state index contributed by atoms with van der Waals surface area (Å²) >= 11 is 6.19. The lowest BCUT2D eigenvalue weighted by atomic mass is 9.99. The lowest BCUT2D eigenvalue weighted by molar-refractivity contribution is -0.140. The summed E-state index contributed by atoms with van der Waals surface area (Å²) in [7, 11) is 2.07. The van der Waals surface area contributed by atoms with E-state index in [2.05, 4.69) is 22.2 Å². The van der Waals surface area contributed by atoms with E-state index in [0.29, 0.717) is 16.3 Å². The van der Waals surface area contributed by atoms with Crippen molar-refractivity contribution in [1.29, 1.82) is 0 Å². The fourth-order valence-electron chi connectivity index (χ4n) is 4.90. The first kappa shape index (κ1) is 24.2. The van der Waals surface area contributed by atoms with Crippen molar-refractivity contribution in [2.45, 2.75) is 25.6 Å². The highest BCUT2D eigenvalue weighted by atomic mass is 35.5. The summed E-state index contributed by atoms with van der Waals surface area (Å²) in [5.41, 5.74) is 8.28. The number of anilines is 1. The second kappa shape index (κ2) is 10.1. The van der Waals surface area contributed by atoms with Crippen LogP contribution in [0.15, 0.2) is 42.5 Å². The minimum Gasteiger partial charge on any atom is -0.351 e. The highest BCUT2D eigenvalue weighted by Crippen LogP contribution is 2.28. The van der Waals surface area contributed by atoms with Gasteiger partial charge in [-0.25, -0.2) is 9.18 Å². The molecule has 2 saturated heterocycles. The average Bonchev–Trinajstić information content (AvgIpc) is 2.75. The van der Waals surface area contributed by atoms with Gasteiger partial charge in [0.25, 0.3) is 0 Å². The zero-order valence-electron chi connectivity index (χ0n) is 19.3. The van der Waals surface area contributed by atoms with Gasteiger partial charge < -0.3 is 20.9 Å². The summed E-state index contributed by atoms with van der Waals surface area (Å²) in [6.07, 6.45) is 3.25. The van der Waals surface area contributed by atoms with Crippen LogP contribution >= 0.6 is 11.6 Å². The number of piperazine rings is 2. The molecule has 2 aliphatic heterocycles. The number of fused-ring (bicyclic) bond motifs is 2. The summed E-state index contributed by atoms with van der Waals surface area (Å²) in [6.45, 7) is 5.63. The third kappa shape index (κ3) is 5.58. The van der Waals surface area contributed by atoms with Crippen molar-refractivity contribution in [3.8, 4) is 0 Å². The number of nitrogens with zero attached hydrogens (tertiary/aromatic N) is 3. The van der Waals surface area contributed by atoms with Crippen LogP contribution in [0.3, 0.4) is 0 Å². The molecule has 0 aromatic heterocycles. The first-order valence-electron chi connectivity index (χ1n) is 11.2. The number of hydrogen-bond acceptors (Lipinski definition) is 4. The van der Waals surface area contributed by atoms with Gasteiger partial charge in [0, 0.05) is 43.8 Å². The first-order valence-corrected chi connectivity index (χ1v) is 11.6. The Hall–Kier alpha value is -2.94. The van der Waals surface area contributed by atoms with Gasteiger partial charge in [0.1, 0.15) is 5.82 Å². The number of carbonyl (C=O) groups excluding carboxylic acids is 2. The van der Waals surface area contributed by atoms with Crippen molar-refractivity contribution in [3.05, 3.63) is 70.0 Å². The summed E-state index contributed by atoms with van der Waals surface area (Å²) in [5.74, 6) is -0.309. The maximum atomic E-state index is 13.3. The number of amides is 3. The molecule has 0 radical (unpaired) electrons. The highest BCUT2D eigenvalue weighted by Gasteiger charge is 2.41. The van der Waals surface area contributed by atoms with E-state index < -0.39 is 6.03 Å². The van der Waals surface area contributed by atoms with Crippen LogP contribution in [0.1, 0.15) is 16.7 Å². The number of hydrogen-bond donors (Lipinski definition) is 2. The molecule has 34 heavy (non-hydrogen) atoms. The van der Waals surface area contributed by atoms with E-state index in [0.717, 1.165) is 43.9 Å². The van der Waals surface area contributed by atoms with Crippen LogP contribution in [-0.4, -0.2) is 71.9 Å². The predicted molar refractivity (Wildman–Crippen MR) is 132 cm³/mol. The van der Waals surface area contributed by atoms with Gasteiger partial charge in [-0.3, -0.25) is 9.69 Å². The maximum absolute atomic E-state index is 13.3. The van der Waals surface area contributed by atoms with E-state index in [1.54, 1.807) is 18.2 Å². The number of halogens is 2. The number of nitrogens with one attached hydrogen (secondary N) is 1. The minimum atomic E-state index is -0.698. The molecule has 2 bridgehead atoms. The molecular weight excluding hydrogens is 457 g/mol. The predicted octanol–water partition coefficient (Wildman–Crippen LogP) is 3.32. The Kier molecular flexibility index (Phi) is 7.21. The Morgan fingerprint density at radius 2 is 1.79 bits per heavy atom. The van der Waals surface area contributed by atoms with E-state index in [-0.39, 0.29) is 23.8 Å². The molecule has 9 heteroatoms. The van der Waals surface area contributed by atoms with Crippen molar-refractivity contribution in [2.75, 3.05) is 38.5 Å². The van der Waals surface area contributed by atoms with Gasteiger partial charge in [-0.15, -0.1) is 0 Å². The Morgan fingerprint density at radius 3 is 2.41 bits per heavy atom. The Morgan fingerprint density at radius 1 is 1.15 bits per heavy atom. The van der Waals surface area contributed by atoms with E-state index in [1.807, 2.05) is 30.0 Å². The van der Waals surface area contributed by atoms with E-state index in [1.165, 1.54) is 12.1 Å². The van der Waals surface area contributed by atoms with Crippen molar-refractivity contribution in [2.24, 2.45) is 5.73 Å².